The molecule has 2 aromatic rings. The minimum absolute atomic E-state index is 0.0382. The number of aryl methyl sites for hydroxylation is 1. The first-order valence-corrected chi connectivity index (χ1v) is 10.1. The smallest absolute Gasteiger partial charge is 0.255 e. The average molecular weight is 414 g/mol. The summed E-state index contributed by atoms with van der Waals surface area (Å²) in [4.78, 5) is 36.2. The van der Waals surface area contributed by atoms with Crippen LogP contribution in [-0.2, 0) is 22.5 Å². The number of fused-ring (bicyclic) bond motifs is 1. The van der Waals surface area contributed by atoms with E-state index in [1.807, 2.05) is 30.0 Å². The third-order valence-corrected chi connectivity index (χ3v) is 5.39. The second kappa shape index (κ2) is 8.74. The molecular weight excluding hydrogens is 388 g/mol. The lowest BCUT2D eigenvalue weighted by molar-refractivity contribution is -0.130. The zero-order chi connectivity index (χ0) is 21.1. The van der Waals surface area contributed by atoms with Crippen LogP contribution in [0, 0.1) is 6.92 Å². The number of hydrogen-bond donors (Lipinski definition) is 1. The van der Waals surface area contributed by atoms with Crippen molar-refractivity contribution in [2.24, 2.45) is 0 Å². The number of ether oxygens (including phenoxy) is 3. The van der Waals surface area contributed by atoms with Crippen LogP contribution in [0.15, 0.2) is 23.0 Å². The lowest BCUT2D eigenvalue weighted by Crippen LogP contribution is -2.38. The monoisotopic (exact) mass is 414 g/mol. The van der Waals surface area contributed by atoms with E-state index in [4.69, 9.17) is 14.2 Å². The van der Waals surface area contributed by atoms with Gasteiger partial charge in [-0.1, -0.05) is 6.07 Å². The highest BCUT2D eigenvalue weighted by Gasteiger charge is 2.18. The van der Waals surface area contributed by atoms with Gasteiger partial charge in [-0.2, -0.15) is 0 Å². The predicted molar refractivity (Wildman–Crippen MR) is 110 cm³/mol. The SMILES string of the molecule is Cc1nc(N2CCOCC2)[nH]c(=O)c1CCC(=O)N(C)Cc1ccc2c(c1)OCO2. The average Bonchev–Trinajstić information content (AvgIpc) is 3.21. The minimum Gasteiger partial charge on any atom is -0.454 e. The van der Waals surface area contributed by atoms with Crippen LogP contribution in [0.2, 0.25) is 0 Å². The first-order chi connectivity index (χ1) is 14.5. The Balaban J connectivity index is 1.36. The van der Waals surface area contributed by atoms with Gasteiger partial charge in [-0.05, 0) is 31.0 Å². The summed E-state index contributed by atoms with van der Waals surface area (Å²) in [6.07, 6.45) is 0.589. The molecule has 0 aliphatic carbocycles. The highest BCUT2D eigenvalue weighted by molar-refractivity contribution is 5.76. The third-order valence-electron chi connectivity index (χ3n) is 5.39. The number of rotatable bonds is 6. The summed E-state index contributed by atoms with van der Waals surface area (Å²) < 4.78 is 16.0. The number of amides is 1. The van der Waals surface area contributed by atoms with Crippen LogP contribution in [0.1, 0.15) is 23.2 Å². The van der Waals surface area contributed by atoms with Gasteiger partial charge < -0.3 is 24.0 Å². The molecular formula is C21H26N4O5. The lowest BCUT2D eigenvalue weighted by atomic mass is 10.1. The van der Waals surface area contributed by atoms with E-state index in [0.717, 1.165) is 11.3 Å². The Hall–Kier alpha value is -3.07. The second-order valence-electron chi connectivity index (χ2n) is 7.49. The molecule has 0 radical (unpaired) electrons. The van der Waals surface area contributed by atoms with Crippen LogP contribution in [-0.4, -0.2) is 60.9 Å². The Morgan fingerprint density at radius 1 is 1.23 bits per heavy atom. The first-order valence-electron chi connectivity index (χ1n) is 10.1. The van der Waals surface area contributed by atoms with Gasteiger partial charge in [0.05, 0.1) is 13.2 Å². The molecule has 9 nitrogen and oxygen atoms in total. The van der Waals surface area contributed by atoms with E-state index in [0.29, 0.717) is 62.2 Å². The van der Waals surface area contributed by atoms with Crippen LogP contribution in [0.4, 0.5) is 5.95 Å². The van der Waals surface area contributed by atoms with Crippen molar-refractivity contribution in [3.63, 3.8) is 0 Å². The number of H-pyrrole nitrogens is 1. The predicted octanol–water partition coefficient (Wildman–Crippen LogP) is 1.23. The number of hydrogen-bond acceptors (Lipinski definition) is 7. The fraction of sp³-hybridized carbons (Fsp3) is 0.476. The van der Waals surface area contributed by atoms with Crippen molar-refractivity contribution >= 4 is 11.9 Å². The normalized spacial score (nSPS) is 15.3. The lowest BCUT2D eigenvalue weighted by Gasteiger charge is -2.27. The van der Waals surface area contributed by atoms with Gasteiger partial charge in [-0.15, -0.1) is 0 Å². The fourth-order valence-electron chi connectivity index (χ4n) is 3.64. The molecule has 1 fully saturated rings. The Morgan fingerprint density at radius 3 is 2.77 bits per heavy atom. The standard InChI is InChI=1S/C21H26N4O5/c1-14-16(20(27)23-21(22-14)25-7-9-28-10-8-25)4-6-19(26)24(2)12-15-3-5-17-18(11-15)30-13-29-17/h3,5,11H,4,6-10,12-13H2,1-2H3,(H,22,23,27). The van der Waals surface area contributed by atoms with Crippen molar-refractivity contribution in [1.82, 2.24) is 14.9 Å². The van der Waals surface area contributed by atoms with Crippen molar-refractivity contribution in [3.05, 3.63) is 45.4 Å². The van der Waals surface area contributed by atoms with Crippen LogP contribution in [0.3, 0.4) is 0 Å². The molecule has 1 saturated heterocycles. The number of carbonyl (C=O) groups excluding carboxylic acids is 1. The Bertz CT molecular complexity index is 984. The Kier molecular flexibility index (Phi) is 5.89. The molecule has 30 heavy (non-hydrogen) atoms. The van der Waals surface area contributed by atoms with Crippen LogP contribution in [0.5, 0.6) is 11.5 Å². The van der Waals surface area contributed by atoms with Gasteiger partial charge in [0.2, 0.25) is 18.6 Å². The molecule has 0 spiro atoms. The van der Waals surface area contributed by atoms with E-state index in [1.165, 1.54) is 0 Å². The molecule has 0 bridgehead atoms. The molecule has 4 rings (SSSR count). The van der Waals surface area contributed by atoms with Crippen molar-refractivity contribution in [2.45, 2.75) is 26.3 Å². The van der Waals surface area contributed by atoms with Gasteiger partial charge in [-0.3, -0.25) is 14.6 Å². The van der Waals surface area contributed by atoms with E-state index in [-0.39, 0.29) is 24.7 Å². The minimum atomic E-state index is -0.185. The number of benzene rings is 1. The summed E-state index contributed by atoms with van der Waals surface area (Å²) in [5.41, 5.74) is 1.99. The maximum atomic E-state index is 12.6. The molecule has 0 unspecified atom stereocenters. The maximum Gasteiger partial charge on any atom is 0.255 e. The van der Waals surface area contributed by atoms with E-state index >= 15 is 0 Å². The third kappa shape index (κ3) is 4.40. The largest absolute Gasteiger partial charge is 0.454 e. The molecule has 1 aromatic heterocycles. The molecule has 160 valence electrons. The topological polar surface area (TPSA) is 97.0 Å². The Labute approximate surface area is 174 Å². The number of carbonyl (C=O) groups is 1. The van der Waals surface area contributed by atoms with Crippen molar-refractivity contribution in [2.75, 3.05) is 45.0 Å². The van der Waals surface area contributed by atoms with Gasteiger partial charge in [0.15, 0.2) is 11.5 Å². The van der Waals surface area contributed by atoms with E-state index < -0.39 is 0 Å². The Morgan fingerprint density at radius 2 is 2.00 bits per heavy atom. The van der Waals surface area contributed by atoms with Gasteiger partial charge in [0.1, 0.15) is 0 Å². The molecule has 2 aliphatic heterocycles. The summed E-state index contributed by atoms with van der Waals surface area (Å²) in [6, 6.07) is 5.65. The van der Waals surface area contributed by atoms with Gasteiger partial charge in [-0.25, -0.2) is 4.98 Å². The summed E-state index contributed by atoms with van der Waals surface area (Å²) in [5, 5.41) is 0. The van der Waals surface area contributed by atoms with Gasteiger partial charge >= 0.3 is 0 Å². The fourth-order valence-corrected chi connectivity index (χ4v) is 3.64. The summed E-state index contributed by atoms with van der Waals surface area (Å²) in [5.74, 6) is 1.94. The maximum absolute atomic E-state index is 12.6. The number of nitrogens with zero attached hydrogens (tertiary/aromatic N) is 3. The van der Waals surface area contributed by atoms with Gasteiger partial charge in [0.25, 0.3) is 5.56 Å². The number of aromatic nitrogens is 2. The van der Waals surface area contributed by atoms with Crippen LogP contribution < -0.4 is 19.9 Å². The second-order valence-corrected chi connectivity index (χ2v) is 7.49. The number of morpholine rings is 1. The molecule has 9 heteroatoms. The molecule has 0 saturated carbocycles. The quantitative estimate of drug-likeness (QED) is 0.759. The van der Waals surface area contributed by atoms with E-state index in [9.17, 15) is 9.59 Å². The number of aromatic amines is 1. The van der Waals surface area contributed by atoms with Gasteiger partial charge in [0, 0.05) is 44.4 Å². The van der Waals surface area contributed by atoms with Crippen molar-refractivity contribution in [1.29, 1.82) is 0 Å². The molecule has 1 amide bonds. The van der Waals surface area contributed by atoms with Crippen LogP contribution in [0.25, 0.3) is 0 Å². The summed E-state index contributed by atoms with van der Waals surface area (Å²) >= 11 is 0. The molecule has 3 heterocycles. The molecule has 0 atom stereocenters. The van der Waals surface area contributed by atoms with E-state index in [2.05, 4.69) is 9.97 Å². The zero-order valence-corrected chi connectivity index (χ0v) is 17.3. The number of anilines is 1. The number of nitrogens with one attached hydrogen (secondary N) is 1. The highest BCUT2D eigenvalue weighted by Crippen LogP contribution is 2.32. The zero-order valence-electron chi connectivity index (χ0n) is 17.3. The van der Waals surface area contributed by atoms with Crippen molar-refractivity contribution in [3.8, 4) is 11.5 Å². The highest BCUT2D eigenvalue weighted by atomic mass is 16.7. The summed E-state index contributed by atoms with van der Waals surface area (Å²) in [6.45, 7) is 5.13. The van der Waals surface area contributed by atoms with Crippen LogP contribution >= 0.6 is 0 Å². The van der Waals surface area contributed by atoms with E-state index in [1.54, 1.807) is 11.9 Å². The molecule has 1 aromatic carbocycles. The van der Waals surface area contributed by atoms with Crippen molar-refractivity contribution < 1.29 is 19.0 Å². The molecule has 1 N–H and O–H groups in total. The molecule has 2 aliphatic rings. The summed E-state index contributed by atoms with van der Waals surface area (Å²) in [7, 11) is 1.75. The first kappa shape index (κ1) is 20.2.